The fourth-order valence-corrected chi connectivity index (χ4v) is 4.36. The number of ether oxygens (including phenoxy) is 3. The molecule has 0 saturated heterocycles. The van der Waals surface area contributed by atoms with Crippen LogP contribution in [-0.2, 0) is 23.2 Å². The van der Waals surface area contributed by atoms with Crippen LogP contribution < -0.4 is 19.5 Å². The molecule has 1 amide bonds. The zero-order chi connectivity index (χ0) is 26.6. The van der Waals surface area contributed by atoms with Crippen LogP contribution in [0.25, 0.3) is 0 Å². The minimum atomic E-state index is -0.263. The molecule has 0 radical (unpaired) electrons. The molecule has 0 aromatic heterocycles. The van der Waals surface area contributed by atoms with E-state index in [9.17, 15) is 9.59 Å². The van der Waals surface area contributed by atoms with Crippen molar-refractivity contribution in [2.45, 2.75) is 53.0 Å². The molecule has 0 fully saturated rings. The van der Waals surface area contributed by atoms with Crippen molar-refractivity contribution in [3.05, 3.63) is 52.1 Å². The zero-order valence-electron chi connectivity index (χ0n) is 22.3. The summed E-state index contributed by atoms with van der Waals surface area (Å²) in [5.74, 6) is 1.82. The van der Waals surface area contributed by atoms with Crippen LogP contribution in [0, 0.1) is 5.41 Å². The number of amides is 1. The van der Waals surface area contributed by atoms with Crippen LogP contribution in [-0.4, -0.2) is 56.3 Å². The summed E-state index contributed by atoms with van der Waals surface area (Å²) in [6.45, 7) is 11.4. The molecule has 1 aliphatic heterocycles. The van der Waals surface area contributed by atoms with E-state index in [2.05, 4.69) is 26.1 Å². The summed E-state index contributed by atoms with van der Waals surface area (Å²) in [5.41, 5.74) is 3.48. The van der Waals surface area contributed by atoms with Crippen molar-refractivity contribution in [3.63, 3.8) is 0 Å². The number of carbonyl (C=O) groups excluding carboxylic acids is 2. The van der Waals surface area contributed by atoms with E-state index in [0.29, 0.717) is 48.1 Å². The summed E-state index contributed by atoms with van der Waals surface area (Å²) in [4.78, 5) is 27.2. The molecule has 3 rings (SSSR count). The van der Waals surface area contributed by atoms with Crippen molar-refractivity contribution in [2.24, 2.45) is 0 Å². The zero-order valence-corrected chi connectivity index (χ0v) is 22.3. The molecule has 0 bridgehead atoms. The van der Waals surface area contributed by atoms with E-state index in [1.54, 1.807) is 25.1 Å². The maximum absolute atomic E-state index is 13.4. The first kappa shape index (κ1) is 27.0. The minimum Gasteiger partial charge on any atom is -0.494 e. The van der Waals surface area contributed by atoms with Gasteiger partial charge < -0.3 is 24.4 Å². The summed E-state index contributed by atoms with van der Waals surface area (Å²) in [5, 5.41) is 11.4. The van der Waals surface area contributed by atoms with E-state index in [4.69, 9.17) is 19.6 Å². The third-order valence-electron chi connectivity index (χ3n) is 6.17. The number of Topliss-reactive ketones (excluding diaryl/α,β-unsaturated/α-hetero) is 1. The number of hydrogen-bond acceptors (Lipinski definition) is 6. The Morgan fingerprint density at radius 2 is 1.72 bits per heavy atom. The first-order chi connectivity index (χ1) is 17.0. The van der Waals surface area contributed by atoms with Crippen molar-refractivity contribution < 1.29 is 23.8 Å². The summed E-state index contributed by atoms with van der Waals surface area (Å²) >= 11 is 0. The molecule has 2 N–H and O–H groups in total. The van der Waals surface area contributed by atoms with Gasteiger partial charge in [-0.15, -0.1) is 0 Å². The average Bonchev–Trinajstić information content (AvgIpc) is 3.12. The van der Waals surface area contributed by atoms with Crippen molar-refractivity contribution >= 4 is 17.5 Å². The fraction of sp³-hybridized carbons (Fsp3) is 0.464. The largest absolute Gasteiger partial charge is 0.494 e. The Labute approximate surface area is 213 Å². The minimum absolute atomic E-state index is 0.0454. The molecule has 0 spiro atoms. The summed E-state index contributed by atoms with van der Waals surface area (Å²) in [6.07, 6.45) is 0.160. The maximum Gasteiger partial charge on any atom is 0.224 e. The molecule has 1 aliphatic rings. The highest BCUT2D eigenvalue weighted by Gasteiger charge is 2.30. The van der Waals surface area contributed by atoms with E-state index < -0.39 is 0 Å². The molecule has 8 heteroatoms. The Morgan fingerprint density at radius 3 is 2.31 bits per heavy atom. The second-order valence-corrected chi connectivity index (χ2v) is 9.77. The van der Waals surface area contributed by atoms with Crippen LogP contribution in [0.2, 0.25) is 0 Å². The van der Waals surface area contributed by atoms with Gasteiger partial charge in [-0.25, -0.2) is 0 Å². The Balaban J connectivity index is 1.91. The summed E-state index contributed by atoms with van der Waals surface area (Å²) < 4.78 is 17.2. The number of amidine groups is 1. The first-order valence-electron chi connectivity index (χ1n) is 12.3. The number of hydrogen-bond donors (Lipinski definition) is 2. The lowest BCUT2D eigenvalue weighted by Crippen LogP contribution is -2.30. The van der Waals surface area contributed by atoms with Crippen LogP contribution in [0.1, 0.15) is 67.2 Å². The highest BCUT2D eigenvalue weighted by molar-refractivity contribution is 6.06. The van der Waals surface area contributed by atoms with Crippen LogP contribution in [0.5, 0.6) is 17.2 Å². The normalized spacial score (nSPS) is 12.9. The summed E-state index contributed by atoms with van der Waals surface area (Å²) in [7, 11) is 3.19. The third kappa shape index (κ3) is 5.64. The average molecular weight is 496 g/mol. The third-order valence-corrected chi connectivity index (χ3v) is 6.17. The molecule has 0 saturated carbocycles. The van der Waals surface area contributed by atoms with E-state index in [-0.39, 0.29) is 35.9 Å². The van der Waals surface area contributed by atoms with Gasteiger partial charge in [-0.1, -0.05) is 20.8 Å². The van der Waals surface area contributed by atoms with Crippen LogP contribution in [0.15, 0.2) is 24.3 Å². The summed E-state index contributed by atoms with van der Waals surface area (Å²) in [6, 6.07) is 7.31. The van der Waals surface area contributed by atoms with E-state index in [0.717, 1.165) is 16.7 Å². The van der Waals surface area contributed by atoms with E-state index in [1.165, 1.54) is 0 Å². The number of fused-ring (bicyclic) bond motifs is 1. The molecule has 0 unspecified atom stereocenters. The second-order valence-electron chi connectivity index (χ2n) is 9.77. The van der Waals surface area contributed by atoms with Gasteiger partial charge in [-0.3, -0.25) is 15.0 Å². The standard InChI is InChI=1S/C28H37N3O5/c1-8-35-23-13-19-15-31(27(29)20(19)10-18(23)14-25(33)30-6)16-22(32)17-11-21(28(3,4)5)26(34-7)24(12-17)36-9-2/h10-13,29H,8-9,14-16H2,1-7H3,(H,30,33). The molecule has 0 aliphatic carbocycles. The molecule has 1 heterocycles. The van der Waals surface area contributed by atoms with Gasteiger partial charge in [0.1, 0.15) is 11.6 Å². The van der Waals surface area contributed by atoms with Crippen LogP contribution >= 0.6 is 0 Å². The number of carbonyl (C=O) groups is 2. The fourth-order valence-electron chi connectivity index (χ4n) is 4.36. The molecule has 2 aromatic carbocycles. The Kier molecular flexibility index (Phi) is 8.28. The van der Waals surface area contributed by atoms with E-state index in [1.807, 2.05) is 32.0 Å². The first-order valence-corrected chi connectivity index (χ1v) is 12.3. The van der Waals surface area contributed by atoms with Gasteiger partial charge in [0.25, 0.3) is 0 Å². The monoisotopic (exact) mass is 495 g/mol. The number of methoxy groups -OCH3 is 1. The second kappa shape index (κ2) is 11.0. The predicted molar refractivity (Wildman–Crippen MR) is 140 cm³/mol. The van der Waals surface area contributed by atoms with Gasteiger partial charge in [-0.2, -0.15) is 0 Å². The molecule has 2 aromatic rings. The highest BCUT2D eigenvalue weighted by atomic mass is 16.5. The molecule has 194 valence electrons. The predicted octanol–water partition coefficient (Wildman–Crippen LogP) is 4.10. The van der Waals surface area contributed by atoms with Gasteiger partial charge in [0.2, 0.25) is 5.91 Å². The Hall–Kier alpha value is -3.55. The van der Waals surface area contributed by atoms with Crippen molar-refractivity contribution in [2.75, 3.05) is 33.9 Å². The van der Waals surface area contributed by atoms with Gasteiger partial charge in [0.05, 0.1) is 33.3 Å². The maximum atomic E-state index is 13.4. The number of ketones is 1. The van der Waals surface area contributed by atoms with Gasteiger partial charge in [0.15, 0.2) is 17.3 Å². The van der Waals surface area contributed by atoms with Crippen molar-refractivity contribution in [3.8, 4) is 17.2 Å². The SMILES string of the molecule is CCOc1cc2c(cc1CC(=O)NC)C(=N)N(CC(=O)c1cc(OCC)c(OC)c(C(C)(C)C)c1)C2. The van der Waals surface area contributed by atoms with Gasteiger partial charge in [-0.05, 0) is 49.1 Å². The highest BCUT2D eigenvalue weighted by Crippen LogP contribution is 2.40. The van der Waals surface area contributed by atoms with Gasteiger partial charge in [0, 0.05) is 35.8 Å². The Bertz CT molecular complexity index is 1170. The lowest BCUT2D eigenvalue weighted by Gasteiger charge is -2.25. The number of benzene rings is 2. The topological polar surface area (TPSA) is 101 Å². The number of nitrogens with zero attached hydrogens (tertiary/aromatic N) is 1. The molecular formula is C28H37N3O5. The molecule has 36 heavy (non-hydrogen) atoms. The Morgan fingerprint density at radius 1 is 1.06 bits per heavy atom. The number of nitrogens with one attached hydrogen (secondary N) is 2. The molecule has 0 atom stereocenters. The van der Waals surface area contributed by atoms with Crippen LogP contribution in [0.4, 0.5) is 0 Å². The van der Waals surface area contributed by atoms with Crippen LogP contribution in [0.3, 0.4) is 0 Å². The van der Waals surface area contributed by atoms with Gasteiger partial charge >= 0.3 is 0 Å². The smallest absolute Gasteiger partial charge is 0.224 e. The number of rotatable bonds is 10. The molecule has 8 nitrogen and oxygen atoms in total. The van der Waals surface area contributed by atoms with Crippen molar-refractivity contribution in [1.29, 1.82) is 5.41 Å². The lowest BCUT2D eigenvalue weighted by atomic mass is 9.84. The van der Waals surface area contributed by atoms with E-state index >= 15 is 0 Å². The molecular weight excluding hydrogens is 458 g/mol. The van der Waals surface area contributed by atoms with Crippen molar-refractivity contribution in [1.82, 2.24) is 10.2 Å². The number of likely N-dealkylation sites (N-methyl/N-ethyl adjacent to an activating group) is 1. The lowest BCUT2D eigenvalue weighted by molar-refractivity contribution is -0.119. The quantitative estimate of drug-likeness (QED) is 0.481.